The summed E-state index contributed by atoms with van der Waals surface area (Å²) < 4.78 is 15.7. The van der Waals surface area contributed by atoms with Gasteiger partial charge >= 0.3 is 12.1 Å². The highest BCUT2D eigenvalue weighted by molar-refractivity contribution is 5.93. The monoisotopic (exact) mass is 731 g/mol. The van der Waals surface area contributed by atoms with Crippen molar-refractivity contribution in [3.63, 3.8) is 0 Å². The van der Waals surface area contributed by atoms with Crippen LogP contribution >= 0.6 is 0 Å². The summed E-state index contributed by atoms with van der Waals surface area (Å²) >= 11 is 0. The molecule has 13 nitrogen and oxygen atoms in total. The first-order valence-corrected chi connectivity index (χ1v) is 16.6. The number of aliphatic carboxylic acids is 1. The summed E-state index contributed by atoms with van der Waals surface area (Å²) in [6.45, 7) is 10.7. The Labute approximate surface area is 307 Å². The molecule has 1 amide bonds. The first-order chi connectivity index (χ1) is 24.2. The predicted octanol–water partition coefficient (Wildman–Crippen LogP) is 3.04. The SMILES string of the molecule is C#C.C#C.CC(=O)O.CC1=C2[C@@H](O)C(=O)[C@@]3(C)[C@H](C[C@](O)(C[C@@H]1OC(=O)CCc1ccccc1)C2(C)C)C1CO[C@]1(C)C[C@@H]3O.CO.COC(N)=O. The van der Waals surface area contributed by atoms with E-state index < -0.39 is 64.1 Å². The van der Waals surface area contributed by atoms with Crippen LogP contribution in [0.15, 0.2) is 41.5 Å². The van der Waals surface area contributed by atoms with Gasteiger partial charge < -0.3 is 45.5 Å². The number of terminal acetylenes is 2. The summed E-state index contributed by atoms with van der Waals surface area (Å²) in [4.78, 5) is 45.2. The van der Waals surface area contributed by atoms with Crippen molar-refractivity contribution >= 4 is 23.8 Å². The van der Waals surface area contributed by atoms with Gasteiger partial charge in [-0.05, 0) is 56.2 Å². The number of carbonyl (C=O) groups excluding carboxylic acids is 3. The average molecular weight is 732 g/mol. The molecule has 7 N–H and O–H groups in total. The molecule has 3 fully saturated rings. The Kier molecular flexibility index (Phi) is 18.5. The summed E-state index contributed by atoms with van der Waals surface area (Å²) in [5, 5.41) is 49.6. The Balaban J connectivity index is 0.00000150. The van der Waals surface area contributed by atoms with E-state index in [9.17, 15) is 29.7 Å². The summed E-state index contributed by atoms with van der Waals surface area (Å²) in [6.07, 6.45) is 13.4. The van der Waals surface area contributed by atoms with Crippen LogP contribution in [0.25, 0.3) is 0 Å². The van der Waals surface area contributed by atoms with E-state index in [1.807, 2.05) is 51.1 Å². The summed E-state index contributed by atoms with van der Waals surface area (Å²) in [6, 6.07) is 9.69. The summed E-state index contributed by atoms with van der Waals surface area (Å²) in [7, 11) is 2.22. The molecular weight excluding hydrogens is 674 g/mol. The van der Waals surface area contributed by atoms with Gasteiger partial charge in [0.05, 0.1) is 36.4 Å². The molecule has 1 aromatic carbocycles. The van der Waals surface area contributed by atoms with Gasteiger partial charge in [-0.25, -0.2) is 4.79 Å². The smallest absolute Gasteiger partial charge is 0.404 e. The minimum absolute atomic E-state index is 0.0303. The molecule has 4 aliphatic rings. The average Bonchev–Trinajstić information content (AvgIpc) is 3.10. The van der Waals surface area contributed by atoms with Gasteiger partial charge in [0, 0.05) is 44.6 Å². The quantitative estimate of drug-likeness (QED) is 0.149. The zero-order valence-corrected chi connectivity index (χ0v) is 31.5. The van der Waals surface area contributed by atoms with Crippen LogP contribution in [0.1, 0.15) is 72.8 Å². The Hall–Kier alpha value is -4.24. The Morgan fingerprint density at radius 3 is 1.90 bits per heavy atom. The minimum Gasteiger partial charge on any atom is -0.481 e. The van der Waals surface area contributed by atoms with Crippen molar-refractivity contribution < 1.29 is 58.9 Å². The van der Waals surface area contributed by atoms with Crippen LogP contribution < -0.4 is 5.73 Å². The lowest BCUT2D eigenvalue weighted by Gasteiger charge is -2.65. The van der Waals surface area contributed by atoms with Crippen LogP contribution in [0, 0.1) is 48.4 Å². The summed E-state index contributed by atoms with van der Waals surface area (Å²) in [5.74, 6) is -2.07. The van der Waals surface area contributed by atoms with E-state index in [0.29, 0.717) is 30.6 Å². The number of aryl methyl sites for hydroxylation is 1. The first kappa shape index (κ1) is 47.8. The number of aliphatic hydroxyl groups is 4. The van der Waals surface area contributed by atoms with Gasteiger partial charge in [0.25, 0.3) is 5.97 Å². The number of hydrogen-bond acceptors (Lipinski definition) is 11. The summed E-state index contributed by atoms with van der Waals surface area (Å²) in [5.41, 5.74) is 2.37. The lowest BCUT2D eigenvalue weighted by Crippen LogP contribution is -2.72. The van der Waals surface area contributed by atoms with Crippen LogP contribution in [0.2, 0.25) is 0 Å². The number of ketones is 1. The Morgan fingerprint density at radius 2 is 1.46 bits per heavy atom. The molecule has 13 heteroatoms. The lowest BCUT2D eigenvalue weighted by atomic mass is 9.45. The van der Waals surface area contributed by atoms with Gasteiger partial charge in [0.15, 0.2) is 5.78 Å². The van der Waals surface area contributed by atoms with Gasteiger partial charge in [-0.15, -0.1) is 25.7 Å². The number of Topliss-reactive ketones (excluding diaryl/α,β-unsaturated/α-hetero) is 1. The fraction of sp³-hybridized carbons (Fsp3) is 0.590. The van der Waals surface area contributed by atoms with Crippen LogP contribution in [0.3, 0.4) is 0 Å². The van der Waals surface area contributed by atoms with Crippen molar-refractivity contribution in [3.05, 3.63) is 47.0 Å². The molecule has 5 rings (SSSR count). The molecule has 1 unspecified atom stereocenters. The predicted molar refractivity (Wildman–Crippen MR) is 194 cm³/mol. The maximum atomic E-state index is 14.0. The molecule has 52 heavy (non-hydrogen) atoms. The third-order valence-corrected chi connectivity index (χ3v) is 10.7. The van der Waals surface area contributed by atoms with Crippen molar-refractivity contribution in [2.45, 2.75) is 103 Å². The normalized spacial score (nSPS) is 31.6. The van der Waals surface area contributed by atoms with E-state index in [4.69, 9.17) is 24.5 Å². The highest BCUT2D eigenvalue weighted by Crippen LogP contribution is 2.63. The molecule has 3 aliphatic carbocycles. The Bertz CT molecular complexity index is 1430. The van der Waals surface area contributed by atoms with Crippen molar-refractivity contribution in [2.75, 3.05) is 20.8 Å². The number of methoxy groups -OCH3 is 1. The molecular formula is C39H57NO12. The standard InChI is InChI=1S/C30H40O7.C2H5NO2.C2H4O2.2C2H2.CH4O/c1-17-21(37-23(32)12-11-18-9-7-6-8-10-18)14-30(35)13-19-20-16-36-28(20,4)15-22(31)29(19,5)26(34)25(33)24(17)27(30,2)3;1-5-2(3)4;1-2(3)4;3*1-2/h6-10,19-22,25,31,33,35H,11-16H2,1-5H3;1H3,(H2,3,4);1H3,(H,3,4);2*1-2H;2H,1H3/t19-,20?,21+,22+,25-,28-,29+,30+;;;;;/m1...../s1. The molecule has 1 aromatic rings. The molecule has 2 bridgehead atoms. The Morgan fingerprint density at radius 1 is 0.962 bits per heavy atom. The molecule has 8 atom stereocenters. The zero-order valence-electron chi connectivity index (χ0n) is 31.5. The van der Waals surface area contributed by atoms with E-state index in [2.05, 4.69) is 36.2 Å². The van der Waals surface area contributed by atoms with Gasteiger partial charge in [-0.3, -0.25) is 14.4 Å². The fourth-order valence-corrected chi connectivity index (χ4v) is 7.73. The highest BCUT2D eigenvalue weighted by atomic mass is 16.5. The number of carboxylic acid groups (broad SMARTS) is 1. The van der Waals surface area contributed by atoms with Crippen molar-refractivity contribution in [2.24, 2.45) is 28.4 Å². The second-order valence-electron chi connectivity index (χ2n) is 13.8. The number of primary amides is 1. The number of fused-ring (bicyclic) bond motifs is 5. The van der Waals surface area contributed by atoms with Crippen LogP contribution in [0.5, 0.6) is 0 Å². The van der Waals surface area contributed by atoms with Gasteiger partial charge in [-0.1, -0.05) is 44.2 Å². The molecule has 1 aliphatic heterocycles. The number of rotatable bonds is 4. The van der Waals surface area contributed by atoms with Crippen molar-refractivity contribution in [1.29, 1.82) is 0 Å². The van der Waals surface area contributed by atoms with Crippen molar-refractivity contribution in [1.82, 2.24) is 0 Å². The maximum Gasteiger partial charge on any atom is 0.404 e. The minimum atomic E-state index is -1.51. The molecule has 2 saturated carbocycles. The maximum absolute atomic E-state index is 14.0. The molecule has 1 heterocycles. The highest BCUT2D eigenvalue weighted by Gasteiger charge is 2.69. The number of aliphatic hydroxyl groups excluding tert-OH is 3. The van der Waals surface area contributed by atoms with Gasteiger partial charge in [0.2, 0.25) is 0 Å². The third-order valence-electron chi connectivity index (χ3n) is 10.7. The number of hydrogen-bond donors (Lipinski definition) is 6. The van der Waals surface area contributed by atoms with Gasteiger partial charge in [-0.2, -0.15) is 0 Å². The number of nitrogens with two attached hydrogens (primary N) is 1. The van der Waals surface area contributed by atoms with Crippen LogP contribution in [-0.2, 0) is 35.0 Å². The number of benzene rings is 1. The lowest BCUT2D eigenvalue weighted by molar-refractivity contribution is -0.287. The second kappa shape index (κ2) is 20.1. The second-order valence-corrected chi connectivity index (χ2v) is 13.8. The molecule has 290 valence electrons. The van der Waals surface area contributed by atoms with E-state index in [0.717, 1.165) is 19.6 Å². The van der Waals surface area contributed by atoms with E-state index in [1.54, 1.807) is 13.8 Å². The topological polar surface area (TPSA) is 223 Å². The zero-order chi connectivity index (χ0) is 40.8. The van der Waals surface area contributed by atoms with E-state index in [-0.39, 0.29) is 31.1 Å². The molecule has 0 radical (unpaired) electrons. The third kappa shape index (κ3) is 10.2. The first-order valence-electron chi connectivity index (χ1n) is 16.6. The molecule has 0 spiro atoms. The number of ether oxygens (including phenoxy) is 3. The number of carboxylic acids is 1. The van der Waals surface area contributed by atoms with Crippen molar-refractivity contribution in [3.8, 4) is 25.7 Å². The van der Waals surface area contributed by atoms with E-state index in [1.165, 1.54) is 7.11 Å². The number of carbonyl (C=O) groups is 4. The van der Waals surface area contributed by atoms with Gasteiger partial charge in [0.1, 0.15) is 12.2 Å². The van der Waals surface area contributed by atoms with Crippen LogP contribution in [0.4, 0.5) is 4.79 Å². The molecule has 1 saturated heterocycles. The number of esters is 1. The largest absolute Gasteiger partial charge is 0.481 e. The van der Waals surface area contributed by atoms with Crippen LogP contribution in [-0.4, -0.2) is 99.7 Å². The number of amides is 1. The fourth-order valence-electron chi connectivity index (χ4n) is 7.73. The van der Waals surface area contributed by atoms with E-state index >= 15 is 0 Å². The molecule has 0 aromatic heterocycles.